The number of rotatable bonds is 24. The number of benzene rings is 1. The molecule has 2 heterocycles. The molecule has 0 saturated carbocycles. The van der Waals surface area contributed by atoms with E-state index in [1.807, 2.05) is 94.2 Å². The highest BCUT2D eigenvalue weighted by Gasteiger charge is 2.43. The van der Waals surface area contributed by atoms with E-state index in [9.17, 15) is 19.2 Å². The lowest BCUT2D eigenvalue weighted by molar-refractivity contribution is -0.148. The molecule has 0 aliphatic carbocycles. The van der Waals surface area contributed by atoms with Gasteiger partial charge in [-0.2, -0.15) is 0 Å². The summed E-state index contributed by atoms with van der Waals surface area (Å²) in [5, 5.41) is 9.10. The predicted octanol–water partition coefficient (Wildman–Crippen LogP) is 5.84. The van der Waals surface area contributed by atoms with Crippen molar-refractivity contribution in [1.82, 2.24) is 33.4 Å². The van der Waals surface area contributed by atoms with Gasteiger partial charge >= 0.3 is 0 Å². The average Bonchev–Trinajstić information content (AvgIpc) is 3.92. The fourth-order valence-corrected chi connectivity index (χ4v) is 9.39. The number of thiazole rings is 1. The van der Waals surface area contributed by atoms with Crippen LogP contribution in [0.4, 0.5) is 0 Å². The standard InChI is InChI=1S/C44H72IN7O6S/c1-13-30(6)39(51(10)44(56)37(28(2)3)48-42(55)38(29(4)5)49(8)23-24-50(9)45)35(57-11)27-36(53)52-22-17-20-34(52)40(58-12)31(7)41(54)47-33(43-46-21-25-59-43)26-32-18-15-14-16-19-32/h14-16,18-19,21,25,28-31,33-35,37-40H,13,17,20,22-24,26-27H2,1-12H3,(H,47,54)(H,48,55)/t30-,31+,33-,34-,35+,37-,38-,39-,40+/m0/s1. The van der Waals surface area contributed by atoms with Crippen molar-refractivity contribution in [1.29, 1.82) is 0 Å². The van der Waals surface area contributed by atoms with E-state index in [2.05, 4.69) is 55.4 Å². The lowest BCUT2D eigenvalue weighted by Gasteiger charge is -2.41. The van der Waals surface area contributed by atoms with E-state index in [1.165, 1.54) is 11.3 Å². The van der Waals surface area contributed by atoms with Crippen LogP contribution in [0, 0.1) is 23.7 Å². The molecule has 4 amide bonds. The number of carbonyl (C=O) groups excluding carboxylic acids is 4. The summed E-state index contributed by atoms with van der Waals surface area (Å²) in [7, 11) is 8.89. The second-order valence-corrected chi connectivity index (χ2v) is 19.5. The zero-order valence-corrected chi connectivity index (χ0v) is 40.5. The smallest absolute Gasteiger partial charge is 0.245 e. The van der Waals surface area contributed by atoms with Gasteiger partial charge in [-0.3, -0.25) is 24.1 Å². The summed E-state index contributed by atoms with van der Waals surface area (Å²) < 4.78 is 14.2. The molecule has 1 aliphatic heterocycles. The molecule has 0 radical (unpaired) electrons. The van der Waals surface area contributed by atoms with Gasteiger partial charge in [-0.1, -0.05) is 85.2 Å². The molecule has 13 nitrogen and oxygen atoms in total. The van der Waals surface area contributed by atoms with Crippen LogP contribution >= 0.6 is 34.2 Å². The van der Waals surface area contributed by atoms with E-state index in [0.717, 1.165) is 30.0 Å². The van der Waals surface area contributed by atoms with Gasteiger partial charge in [0, 0.05) is 75.3 Å². The number of halogens is 1. The predicted molar refractivity (Wildman–Crippen MR) is 244 cm³/mol. The molecule has 59 heavy (non-hydrogen) atoms. The van der Waals surface area contributed by atoms with Gasteiger partial charge in [0.15, 0.2) is 0 Å². The molecular formula is C44H72IN7O6S. The van der Waals surface area contributed by atoms with Crippen molar-refractivity contribution in [3.8, 4) is 0 Å². The number of hydrogen-bond acceptors (Lipinski definition) is 10. The van der Waals surface area contributed by atoms with Crippen molar-refractivity contribution in [2.75, 3.05) is 55.0 Å². The molecule has 0 bridgehead atoms. The summed E-state index contributed by atoms with van der Waals surface area (Å²) in [5.41, 5.74) is 1.09. The minimum atomic E-state index is -0.768. The molecule has 1 fully saturated rings. The summed E-state index contributed by atoms with van der Waals surface area (Å²) in [5.74, 6) is -1.39. The van der Waals surface area contributed by atoms with Crippen LogP contribution in [0.3, 0.4) is 0 Å². The van der Waals surface area contributed by atoms with Gasteiger partial charge in [-0.25, -0.2) is 8.10 Å². The Labute approximate surface area is 372 Å². The molecule has 3 rings (SSSR count). The number of aromatic nitrogens is 1. The molecule has 9 atom stereocenters. The van der Waals surface area contributed by atoms with Gasteiger partial charge in [-0.05, 0) is 56.7 Å². The van der Waals surface area contributed by atoms with Gasteiger partial charge in [-0.15, -0.1) is 11.3 Å². The molecular weight excluding hydrogens is 881 g/mol. The monoisotopic (exact) mass is 953 g/mol. The Balaban J connectivity index is 1.79. The Hall–Kier alpha value is -2.70. The molecule has 0 unspecified atom stereocenters. The summed E-state index contributed by atoms with van der Waals surface area (Å²) >= 11 is 3.74. The largest absolute Gasteiger partial charge is 0.379 e. The van der Waals surface area contributed by atoms with Crippen LogP contribution in [0.1, 0.15) is 90.8 Å². The van der Waals surface area contributed by atoms with Gasteiger partial charge in [0.1, 0.15) is 11.0 Å². The van der Waals surface area contributed by atoms with E-state index in [4.69, 9.17) is 9.47 Å². The third kappa shape index (κ3) is 14.2. The third-order valence-electron chi connectivity index (χ3n) is 12.0. The Kier molecular flexibility index (Phi) is 21.2. The molecule has 1 aromatic heterocycles. The van der Waals surface area contributed by atoms with Crippen LogP contribution in [-0.4, -0.2) is 138 Å². The fourth-order valence-electron chi connectivity index (χ4n) is 8.48. The molecule has 15 heteroatoms. The molecule has 0 spiro atoms. The summed E-state index contributed by atoms with van der Waals surface area (Å²) in [6.07, 6.45) is 3.46. The summed E-state index contributed by atoms with van der Waals surface area (Å²) in [4.78, 5) is 66.8. The van der Waals surface area contributed by atoms with Crippen molar-refractivity contribution >= 4 is 57.8 Å². The van der Waals surface area contributed by atoms with Crippen molar-refractivity contribution in [3.05, 3.63) is 52.5 Å². The third-order valence-corrected chi connectivity index (χ3v) is 13.3. The van der Waals surface area contributed by atoms with Crippen LogP contribution in [0.15, 0.2) is 41.9 Å². The SMILES string of the molecule is CC[C@H](C)[C@@H]([C@@H](CC(=O)N1CCC[C@H]1[C@H](OC)[C@@H](C)C(=O)N[C@@H](Cc1ccccc1)c1nccs1)OC)N(C)C(=O)[C@@H](NC(=O)[C@H](C(C)C)N(C)CCN(C)I)C(C)C. The van der Waals surface area contributed by atoms with Gasteiger partial charge in [0.05, 0.1) is 48.7 Å². The number of nitrogens with zero attached hydrogens (tertiary/aromatic N) is 5. The Morgan fingerprint density at radius 1 is 0.949 bits per heavy atom. The Morgan fingerprint density at radius 2 is 1.63 bits per heavy atom. The highest BCUT2D eigenvalue weighted by molar-refractivity contribution is 14.1. The van der Waals surface area contributed by atoms with Crippen LogP contribution in [0.25, 0.3) is 0 Å². The minimum Gasteiger partial charge on any atom is -0.379 e. The van der Waals surface area contributed by atoms with Crippen LogP contribution in [0.5, 0.6) is 0 Å². The van der Waals surface area contributed by atoms with Gasteiger partial charge in [0.2, 0.25) is 23.6 Å². The fraction of sp³-hybridized carbons (Fsp3) is 0.705. The first-order chi connectivity index (χ1) is 28.0. The Morgan fingerprint density at radius 3 is 2.17 bits per heavy atom. The van der Waals surface area contributed by atoms with Crippen LogP contribution in [0.2, 0.25) is 0 Å². The number of methoxy groups -OCH3 is 2. The highest BCUT2D eigenvalue weighted by Crippen LogP contribution is 2.30. The van der Waals surface area contributed by atoms with Crippen molar-refractivity contribution in [2.24, 2.45) is 23.7 Å². The van der Waals surface area contributed by atoms with E-state index in [1.54, 1.807) is 32.4 Å². The molecule has 1 saturated heterocycles. The van der Waals surface area contributed by atoms with Crippen molar-refractivity contribution in [3.63, 3.8) is 0 Å². The molecule has 2 N–H and O–H groups in total. The van der Waals surface area contributed by atoms with Gasteiger partial charge < -0.3 is 29.9 Å². The van der Waals surface area contributed by atoms with Crippen molar-refractivity contribution in [2.45, 2.75) is 123 Å². The van der Waals surface area contributed by atoms with E-state index in [0.29, 0.717) is 25.9 Å². The number of likely N-dealkylation sites (tertiary alicyclic amines) is 1. The number of likely N-dealkylation sites (N-methyl/N-ethyl adjacent to an activating group) is 3. The number of carbonyl (C=O) groups is 4. The number of hydrogen-bond donors (Lipinski definition) is 2. The van der Waals surface area contributed by atoms with Gasteiger partial charge in [0.25, 0.3) is 0 Å². The average molecular weight is 954 g/mol. The molecule has 1 aliphatic rings. The van der Waals surface area contributed by atoms with E-state index in [-0.39, 0.29) is 59.9 Å². The lowest BCUT2D eigenvalue weighted by Crippen LogP contribution is -2.60. The molecule has 332 valence electrons. The maximum Gasteiger partial charge on any atom is 0.245 e. The normalized spacial score (nSPS) is 18.7. The second-order valence-electron chi connectivity index (χ2n) is 16.9. The number of amides is 4. The van der Waals surface area contributed by atoms with Crippen LogP contribution in [-0.2, 0) is 35.1 Å². The molecule has 1 aromatic carbocycles. The topological polar surface area (TPSA) is 137 Å². The first-order valence-corrected chi connectivity index (χ1v) is 23.0. The second kappa shape index (κ2) is 24.7. The zero-order valence-electron chi connectivity index (χ0n) is 37.5. The maximum absolute atomic E-state index is 14.5. The number of nitrogens with one attached hydrogen (secondary N) is 2. The first-order valence-electron chi connectivity index (χ1n) is 21.2. The zero-order chi connectivity index (χ0) is 44.0. The summed E-state index contributed by atoms with van der Waals surface area (Å²) in [6.45, 7) is 15.9. The number of ether oxygens (including phenoxy) is 2. The van der Waals surface area contributed by atoms with Crippen molar-refractivity contribution < 1.29 is 28.7 Å². The van der Waals surface area contributed by atoms with E-state index < -0.39 is 36.3 Å². The summed E-state index contributed by atoms with van der Waals surface area (Å²) in [6, 6.07) is 7.78. The highest BCUT2D eigenvalue weighted by atomic mass is 127. The quantitative estimate of drug-likeness (QED) is 0.0983. The molecule has 2 aromatic rings. The van der Waals surface area contributed by atoms with Crippen LogP contribution < -0.4 is 10.6 Å². The lowest BCUT2D eigenvalue weighted by atomic mass is 9.89. The first kappa shape index (κ1) is 50.7. The minimum absolute atomic E-state index is 0.0171. The maximum atomic E-state index is 14.5. The Bertz CT molecular complexity index is 1580. The van der Waals surface area contributed by atoms with E-state index >= 15 is 0 Å².